The summed E-state index contributed by atoms with van der Waals surface area (Å²) in [6, 6.07) is 4.15. The Morgan fingerprint density at radius 2 is 2.17 bits per heavy atom. The number of halogens is 2. The Morgan fingerprint density at radius 3 is 2.92 bits per heavy atom. The van der Waals surface area contributed by atoms with Gasteiger partial charge in [-0.1, -0.05) is 15.9 Å². The average molecular weight is 354 g/mol. The van der Waals surface area contributed by atoms with Crippen LogP contribution in [0.3, 0.4) is 0 Å². The van der Waals surface area contributed by atoms with Gasteiger partial charge in [-0.15, -0.1) is 11.3 Å². The van der Waals surface area contributed by atoms with E-state index in [-0.39, 0.29) is 0 Å². The Morgan fingerprint density at radius 1 is 1.42 bits per heavy atom. The van der Waals surface area contributed by atoms with Gasteiger partial charge >= 0.3 is 0 Å². The fourth-order valence-electron chi connectivity index (χ4n) is 1.08. The van der Waals surface area contributed by atoms with Gasteiger partial charge in [0.1, 0.15) is 0 Å². The minimum atomic E-state index is 0.870. The van der Waals surface area contributed by atoms with E-state index in [1.165, 1.54) is 8.27 Å². The topological polar surface area (TPSA) is 26.0 Å². The van der Waals surface area contributed by atoms with E-state index in [0.717, 1.165) is 15.5 Å². The molecule has 12 heavy (non-hydrogen) atoms. The standard InChI is InChI=1S/C8H5BrINS/c9-4-1-5-7(11)3-12-8(5)6(10)2-4/h1-3H,11H2. The Bertz CT molecular complexity index is 438. The molecular weight excluding hydrogens is 349 g/mol. The molecule has 1 heterocycles. The third-order valence-corrected chi connectivity index (χ3v) is 4.35. The fourth-order valence-corrected chi connectivity index (χ4v) is 3.82. The number of fused-ring (bicyclic) bond motifs is 1. The van der Waals surface area contributed by atoms with Gasteiger partial charge in [0.15, 0.2) is 0 Å². The summed E-state index contributed by atoms with van der Waals surface area (Å²) >= 11 is 7.46. The lowest BCUT2D eigenvalue weighted by molar-refractivity contribution is 1.71. The minimum absolute atomic E-state index is 0.870. The van der Waals surface area contributed by atoms with E-state index in [0.29, 0.717) is 0 Å². The first-order chi connectivity index (χ1) is 5.68. The highest BCUT2D eigenvalue weighted by Crippen LogP contribution is 2.34. The van der Waals surface area contributed by atoms with Crippen molar-refractivity contribution in [3.63, 3.8) is 0 Å². The van der Waals surface area contributed by atoms with Gasteiger partial charge in [-0.05, 0) is 34.7 Å². The van der Waals surface area contributed by atoms with E-state index in [1.54, 1.807) is 11.3 Å². The summed E-state index contributed by atoms with van der Waals surface area (Å²) in [6.07, 6.45) is 0. The summed E-state index contributed by atoms with van der Waals surface area (Å²) in [5, 5.41) is 3.14. The third kappa shape index (κ3) is 1.36. The SMILES string of the molecule is Nc1csc2c(I)cc(Br)cc12. The van der Waals surface area contributed by atoms with Crippen LogP contribution in [0.25, 0.3) is 10.1 Å². The quantitative estimate of drug-likeness (QED) is 0.715. The maximum Gasteiger partial charge on any atom is 0.0503 e. The van der Waals surface area contributed by atoms with E-state index in [2.05, 4.69) is 50.7 Å². The largest absolute Gasteiger partial charge is 0.398 e. The second-order valence-corrected chi connectivity index (χ2v) is 5.41. The van der Waals surface area contributed by atoms with E-state index in [1.807, 2.05) is 5.38 Å². The number of rotatable bonds is 0. The minimum Gasteiger partial charge on any atom is -0.398 e. The van der Waals surface area contributed by atoms with Crippen LogP contribution in [0.4, 0.5) is 5.69 Å². The van der Waals surface area contributed by atoms with Gasteiger partial charge in [-0.3, -0.25) is 0 Å². The first-order valence-corrected chi connectivity index (χ1v) is 6.05. The summed E-state index contributed by atoms with van der Waals surface area (Å²) in [7, 11) is 0. The van der Waals surface area contributed by atoms with Crippen LogP contribution in [0, 0.1) is 3.57 Å². The lowest BCUT2D eigenvalue weighted by Crippen LogP contribution is -1.81. The molecule has 0 saturated heterocycles. The molecule has 0 radical (unpaired) electrons. The van der Waals surface area contributed by atoms with Crippen molar-refractivity contribution < 1.29 is 0 Å². The smallest absolute Gasteiger partial charge is 0.0503 e. The molecule has 2 rings (SSSR count). The van der Waals surface area contributed by atoms with E-state index >= 15 is 0 Å². The van der Waals surface area contributed by atoms with Gasteiger partial charge in [-0.2, -0.15) is 0 Å². The Kier molecular flexibility index (Phi) is 2.31. The molecule has 4 heteroatoms. The van der Waals surface area contributed by atoms with Crippen LogP contribution < -0.4 is 5.73 Å². The van der Waals surface area contributed by atoms with Crippen LogP contribution in [-0.2, 0) is 0 Å². The summed E-state index contributed by atoms with van der Waals surface area (Å²) < 4.78 is 3.61. The second-order valence-electron chi connectivity index (χ2n) is 2.46. The molecule has 62 valence electrons. The van der Waals surface area contributed by atoms with Crippen LogP contribution in [0.15, 0.2) is 22.0 Å². The van der Waals surface area contributed by atoms with Crippen molar-refractivity contribution >= 4 is 65.6 Å². The zero-order valence-corrected chi connectivity index (χ0v) is 10.5. The monoisotopic (exact) mass is 353 g/mol. The van der Waals surface area contributed by atoms with Crippen molar-refractivity contribution in [3.05, 3.63) is 25.6 Å². The highest BCUT2D eigenvalue weighted by Gasteiger charge is 2.04. The Labute approximate surface area is 96.2 Å². The predicted molar refractivity (Wildman–Crippen MR) is 66.7 cm³/mol. The summed E-state index contributed by atoms with van der Waals surface area (Å²) in [4.78, 5) is 0. The molecule has 0 spiro atoms. The van der Waals surface area contributed by atoms with Gasteiger partial charge in [0, 0.05) is 23.5 Å². The van der Waals surface area contributed by atoms with Crippen molar-refractivity contribution in [1.82, 2.24) is 0 Å². The maximum atomic E-state index is 5.80. The number of benzene rings is 1. The average Bonchev–Trinajstić information content (AvgIpc) is 2.33. The second kappa shape index (κ2) is 3.16. The predicted octanol–water partition coefficient (Wildman–Crippen LogP) is 3.85. The lowest BCUT2D eigenvalue weighted by atomic mass is 10.2. The van der Waals surface area contributed by atoms with E-state index in [4.69, 9.17) is 5.73 Å². The van der Waals surface area contributed by atoms with Crippen molar-refractivity contribution in [3.8, 4) is 0 Å². The number of hydrogen-bond donors (Lipinski definition) is 1. The Balaban J connectivity index is 2.92. The Hall–Kier alpha value is 0.190. The number of nitrogen functional groups attached to an aromatic ring is 1. The molecule has 0 aliphatic rings. The first-order valence-electron chi connectivity index (χ1n) is 3.30. The van der Waals surface area contributed by atoms with Crippen LogP contribution in [0.2, 0.25) is 0 Å². The molecule has 2 N–H and O–H groups in total. The number of nitrogens with two attached hydrogens (primary N) is 1. The molecule has 0 atom stereocenters. The van der Waals surface area contributed by atoms with Crippen LogP contribution >= 0.6 is 49.9 Å². The molecule has 1 aromatic heterocycles. The van der Waals surface area contributed by atoms with Crippen LogP contribution in [0.1, 0.15) is 0 Å². The highest BCUT2D eigenvalue weighted by molar-refractivity contribution is 14.1. The molecule has 0 aliphatic heterocycles. The number of anilines is 1. The van der Waals surface area contributed by atoms with Crippen molar-refractivity contribution in [2.24, 2.45) is 0 Å². The van der Waals surface area contributed by atoms with E-state index < -0.39 is 0 Å². The van der Waals surface area contributed by atoms with Crippen LogP contribution in [0.5, 0.6) is 0 Å². The normalized spacial score (nSPS) is 10.8. The molecule has 0 aliphatic carbocycles. The van der Waals surface area contributed by atoms with E-state index in [9.17, 15) is 0 Å². The third-order valence-electron chi connectivity index (χ3n) is 1.62. The van der Waals surface area contributed by atoms with Crippen molar-refractivity contribution in [2.75, 3.05) is 5.73 Å². The lowest BCUT2D eigenvalue weighted by Gasteiger charge is -1.96. The summed E-state index contributed by atoms with van der Waals surface area (Å²) in [5.74, 6) is 0. The van der Waals surface area contributed by atoms with Crippen molar-refractivity contribution in [1.29, 1.82) is 0 Å². The first kappa shape index (κ1) is 8.77. The van der Waals surface area contributed by atoms with Gasteiger partial charge < -0.3 is 5.73 Å². The summed E-state index contributed by atoms with van der Waals surface area (Å²) in [6.45, 7) is 0. The number of thiophene rings is 1. The fraction of sp³-hybridized carbons (Fsp3) is 0. The number of hydrogen-bond acceptors (Lipinski definition) is 2. The zero-order valence-electron chi connectivity index (χ0n) is 5.97. The highest BCUT2D eigenvalue weighted by atomic mass is 127. The molecule has 0 saturated carbocycles. The molecule has 1 nitrogen and oxygen atoms in total. The molecule has 0 amide bonds. The zero-order chi connectivity index (χ0) is 8.72. The van der Waals surface area contributed by atoms with Gasteiger partial charge in [-0.25, -0.2) is 0 Å². The molecule has 0 bridgehead atoms. The molecule has 0 fully saturated rings. The summed E-state index contributed by atoms with van der Waals surface area (Å²) in [5.41, 5.74) is 6.67. The van der Waals surface area contributed by atoms with Gasteiger partial charge in [0.2, 0.25) is 0 Å². The van der Waals surface area contributed by atoms with Gasteiger partial charge in [0.25, 0.3) is 0 Å². The van der Waals surface area contributed by atoms with Crippen molar-refractivity contribution in [2.45, 2.75) is 0 Å². The van der Waals surface area contributed by atoms with Crippen LogP contribution in [-0.4, -0.2) is 0 Å². The molecule has 1 aromatic carbocycles. The van der Waals surface area contributed by atoms with Gasteiger partial charge in [0.05, 0.1) is 5.69 Å². The molecule has 2 aromatic rings. The molecular formula is C8H5BrINS. The molecule has 0 unspecified atom stereocenters. The maximum absolute atomic E-state index is 5.80.